The molecular weight excluding hydrogens is 326 g/mol. The van der Waals surface area contributed by atoms with Crippen LogP contribution >= 0.6 is 15.9 Å². The summed E-state index contributed by atoms with van der Waals surface area (Å²) in [7, 11) is 0. The van der Waals surface area contributed by atoms with Crippen LogP contribution in [0.1, 0.15) is 55.6 Å². The third kappa shape index (κ3) is 3.74. The molecule has 0 aliphatic carbocycles. The first-order chi connectivity index (χ1) is 10.1. The second-order valence-corrected chi connectivity index (χ2v) is 6.38. The van der Waals surface area contributed by atoms with E-state index < -0.39 is 0 Å². The van der Waals surface area contributed by atoms with Crippen LogP contribution in [0.3, 0.4) is 0 Å². The van der Waals surface area contributed by atoms with E-state index >= 15 is 0 Å². The highest BCUT2D eigenvalue weighted by atomic mass is 79.9. The normalized spacial score (nSPS) is 12.9. The van der Waals surface area contributed by atoms with Gasteiger partial charge in [-0.3, -0.25) is 4.68 Å². The van der Waals surface area contributed by atoms with Crippen LogP contribution in [0.25, 0.3) is 0 Å². The molecular formula is C17H24BrN3. The maximum atomic E-state index is 6.38. The fourth-order valence-electron chi connectivity index (χ4n) is 2.71. The second kappa shape index (κ2) is 7.23. The van der Waals surface area contributed by atoms with Gasteiger partial charge >= 0.3 is 0 Å². The van der Waals surface area contributed by atoms with E-state index in [1.54, 1.807) is 0 Å². The Kier molecular flexibility index (Phi) is 5.59. The molecule has 1 aromatic carbocycles. The molecule has 0 saturated heterocycles. The molecule has 1 atom stereocenters. The molecule has 0 fully saturated rings. The number of nitrogens with zero attached hydrogens (tertiary/aromatic N) is 2. The molecule has 1 heterocycles. The number of nitrogens with two attached hydrogens (primary N) is 1. The Morgan fingerprint density at radius 1 is 1.24 bits per heavy atom. The first kappa shape index (κ1) is 16.2. The fraction of sp³-hybridized carbons (Fsp3) is 0.471. The molecule has 0 spiro atoms. The monoisotopic (exact) mass is 349 g/mol. The number of rotatable bonds is 6. The van der Waals surface area contributed by atoms with Crippen LogP contribution in [0.5, 0.6) is 0 Å². The average Bonchev–Trinajstić information content (AvgIpc) is 2.91. The number of halogens is 1. The van der Waals surface area contributed by atoms with E-state index in [2.05, 4.69) is 59.7 Å². The zero-order valence-corrected chi connectivity index (χ0v) is 14.6. The quantitative estimate of drug-likeness (QED) is 0.830. The minimum atomic E-state index is -0.0208. The summed E-state index contributed by atoms with van der Waals surface area (Å²) in [6.07, 6.45) is 5.06. The van der Waals surface area contributed by atoms with Gasteiger partial charge < -0.3 is 5.73 Å². The lowest BCUT2D eigenvalue weighted by molar-refractivity contribution is 0.424. The minimum absolute atomic E-state index is 0.0208. The summed E-state index contributed by atoms with van der Waals surface area (Å²) in [4.78, 5) is 0. The van der Waals surface area contributed by atoms with Gasteiger partial charge in [0.2, 0.25) is 0 Å². The summed E-state index contributed by atoms with van der Waals surface area (Å²) >= 11 is 3.57. The van der Waals surface area contributed by atoms with Gasteiger partial charge in [0.05, 0.1) is 11.7 Å². The molecule has 0 aliphatic heterocycles. The molecule has 0 bridgehead atoms. The van der Waals surface area contributed by atoms with Gasteiger partial charge in [-0.15, -0.1) is 0 Å². The third-order valence-electron chi connectivity index (χ3n) is 4.12. The number of aromatic nitrogens is 2. The second-order valence-electron chi connectivity index (χ2n) is 5.52. The molecule has 1 aromatic heterocycles. The number of hydrogen-bond acceptors (Lipinski definition) is 2. The van der Waals surface area contributed by atoms with Crippen LogP contribution in [0.2, 0.25) is 0 Å². The smallest absolute Gasteiger partial charge is 0.0643 e. The largest absolute Gasteiger partial charge is 0.324 e. The van der Waals surface area contributed by atoms with Gasteiger partial charge in [-0.1, -0.05) is 41.9 Å². The van der Waals surface area contributed by atoms with Gasteiger partial charge in [-0.05, 0) is 43.0 Å². The van der Waals surface area contributed by atoms with Gasteiger partial charge in [0.15, 0.2) is 0 Å². The summed E-state index contributed by atoms with van der Waals surface area (Å²) in [5, 5.41) is 4.69. The summed E-state index contributed by atoms with van der Waals surface area (Å²) in [6, 6.07) is 8.74. The van der Waals surface area contributed by atoms with Gasteiger partial charge in [0, 0.05) is 23.1 Å². The molecule has 0 saturated carbocycles. The standard InChI is InChI=1S/C17H24BrN3/c1-4-14(5-2)21-10-9-13(20-21)11-17(19)15-7-6-8-16(18)12(15)3/h6-10,14,17H,4-5,11,19H2,1-3H3. The third-order valence-corrected chi connectivity index (χ3v) is 4.98. The summed E-state index contributed by atoms with van der Waals surface area (Å²) in [5.41, 5.74) is 9.84. The van der Waals surface area contributed by atoms with Gasteiger partial charge in [-0.2, -0.15) is 5.10 Å². The summed E-state index contributed by atoms with van der Waals surface area (Å²) in [6.45, 7) is 6.50. The topological polar surface area (TPSA) is 43.8 Å². The van der Waals surface area contributed by atoms with Crippen molar-refractivity contribution in [3.8, 4) is 0 Å². The van der Waals surface area contributed by atoms with E-state index in [0.29, 0.717) is 6.04 Å². The van der Waals surface area contributed by atoms with E-state index in [0.717, 1.165) is 29.4 Å². The van der Waals surface area contributed by atoms with E-state index in [4.69, 9.17) is 10.8 Å². The maximum Gasteiger partial charge on any atom is 0.0643 e. The van der Waals surface area contributed by atoms with E-state index in [-0.39, 0.29) is 6.04 Å². The molecule has 2 aromatic rings. The highest BCUT2D eigenvalue weighted by Crippen LogP contribution is 2.25. The number of benzene rings is 1. The minimum Gasteiger partial charge on any atom is -0.324 e. The maximum absolute atomic E-state index is 6.38. The molecule has 0 amide bonds. The Morgan fingerprint density at radius 2 is 1.95 bits per heavy atom. The molecule has 0 radical (unpaired) electrons. The van der Waals surface area contributed by atoms with Crippen molar-refractivity contribution in [1.82, 2.24) is 9.78 Å². The van der Waals surface area contributed by atoms with Crippen LogP contribution < -0.4 is 5.73 Å². The van der Waals surface area contributed by atoms with E-state index in [1.165, 1.54) is 11.1 Å². The molecule has 21 heavy (non-hydrogen) atoms. The van der Waals surface area contributed by atoms with Gasteiger partial charge in [0.1, 0.15) is 0 Å². The zero-order valence-electron chi connectivity index (χ0n) is 13.0. The first-order valence-corrected chi connectivity index (χ1v) is 8.40. The van der Waals surface area contributed by atoms with Crippen molar-refractivity contribution < 1.29 is 0 Å². The van der Waals surface area contributed by atoms with Gasteiger partial charge in [0.25, 0.3) is 0 Å². The van der Waals surface area contributed by atoms with Crippen LogP contribution in [0.15, 0.2) is 34.9 Å². The van der Waals surface area contributed by atoms with Crippen molar-refractivity contribution >= 4 is 15.9 Å². The predicted octanol–water partition coefficient (Wildman–Crippen LogP) is 4.56. The number of hydrogen-bond donors (Lipinski definition) is 1. The molecule has 0 aliphatic rings. The Labute approximate surface area is 135 Å². The van der Waals surface area contributed by atoms with Crippen LogP contribution in [-0.4, -0.2) is 9.78 Å². The predicted molar refractivity (Wildman–Crippen MR) is 91.4 cm³/mol. The molecule has 2 N–H and O–H groups in total. The van der Waals surface area contributed by atoms with Crippen LogP contribution in [-0.2, 0) is 6.42 Å². The fourth-order valence-corrected chi connectivity index (χ4v) is 3.10. The zero-order chi connectivity index (χ0) is 15.4. The Bertz CT molecular complexity index is 587. The van der Waals surface area contributed by atoms with Crippen molar-refractivity contribution in [2.75, 3.05) is 0 Å². The Balaban J connectivity index is 2.13. The van der Waals surface area contributed by atoms with Crippen molar-refractivity contribution in [2.45, 2.75) is 52.1 Å². The lowest BCUT2D eigenvalue weighted by Gasteiger charge is -2.15. The van der Waals surface area contributed by atoms with E-state index in [1.807, 2.05) is 12.1 Å². The lowest BCUT2D eigenvalue weighted by atomic mass is 9.98. The van der Waals surface area contributed by atoms with Crippen molar-refractivity contribution in [3.63, 3.8) is 0 Å². The Morgan fingerprint density at radius 3 is 2.62 bits per heavy atom. The first-order valence-electron chi connectivity index (χ1n) is 7.61. The molecule has 4 heteroatoms. The van der Waals surface area contributed by atoms with Gasteiger partial charge in [-0.25, -0.2) is 0 Å². The molecule has 3 nitrogen and oxygen atoms in total. The van der Waals surface area contributed by atoms with E-state index in [9.17, 15) is 0 Å². The van der Waals surface area contributed by atoms with Crippen molar-refractivity contribution in [3.05, 3.63) is 51.8 Å². The van der Waals surface area contributed by atoms with Crippen molar-refractivity contribution in [2.24, 2.45) is 5.73 Å². The highest BCUT2D eigenvalue weighted by Gasteiger charge is 2.14. The summed E-state index contributed by atoms with van der Waals surface area (Å²) in [5.74, 6) is 0. The van der Waals surface area contributed by atoms with Crippen LogP contribution in [0, 0.1) is 6.92 Å². The highest BCUT2D eigenvalue weighted by molar-refractivity contribution is 9.10. The Hall–Kier alpha value is -1.13. The van der Waals surface area contributed by atoms with Crippen LogP contribution in [0.4, 0.5) is 0 Å². The SMILES string of the molecule is CCC(CC)n1ccc(CC(N)c2cccc(Br)c2C)n1. The summed E-state index contributed by atoms with van der Waals surface area (Å²) < 4.78 is 3.19. The molecule has 1 unspecified atom stereocenters. The molecule has 114 valence electrons. The lowest BCUT2D eigenvalue weighted by Crippen LogP contribution is -2.16. The average molecular weight is 350 g/mol. The molecule has 2 rings (SSSR count). The van der Waals surface area contributed by atoms with Crippen molar-refractivity contribution in [1.29, 1.82) is 0 Å².